The molecule has 4 aliphatic rings. The lowest BCUT2D eigenvalue weighted by atomic mass is 9.80. The van der Waals surface area contributed by atoms with E-state index in [0.29, 0.717) is 48.2 Å². The lowest BCUT2D eigenvalue weighted by molar-refractivity contribution is 0.00578. The van der Waals surface area contributed by atoms with Crippen molar-refractivity contribution in [3.05, 3.63) is 109 Å². The van der Waals surface area contributed by atoms with E-state index >= 15 is 0 Å². The minimum absolute atomic E-state index is 0.172. The van der Waals surface area contributed by atoms with Gasteiger partial charge >= 0.3 is 7.12 Å². The number of anilines is 2. The van der Waals surface area contributed by atoms with Crippen molar-refractivity contribution >= 4 is 87.7 Å². The average Bonchev–Trinajstić information content (AvgIpc) is 3.55. The van der Waals surface area contributed by atoms with E-state index in [0.717, 1.165) is 99.2 Å². The van der Waals surface area contributed by atoms with Gasteiger partial charge in [0.1, 0.15) is 29.9 Å². The molecule has 71 heavy (non-hydrogen) atoms. The number of benzene rings is 2. The van der Waals surface area contributed by atoms with Crippen LogP contribution in [-0.2, 0) is 9.31 Å². The van der Waals surface area contributed by atoms with Crippen LogP contribution in [0.3, 0.4) is 0 Å². The summed E-state index contributed by atoms with van der Waals surface area (Å²) in [5.41, 5.74) is 14.3. The molecule has 4 N–H and O–H groups in total. The van der Waals surface area contributed by atoms with Crippen molar-refractivity contribution in [1.82, 2.24) is 29.7 Å². The highest BCUT2D eigenvalue weighted by molar-refractivity contribution is 9.11. The first-order chi connectivity index (χ1) is 33.6. The Morgan fingerprint density at radius 3 is 1.38 bits per heavy atom. The van der Waals surface area contributed by atoms with Crippen molar-refractivity contribution in [3.63, 3.8) is 0 Å². The van der Waals surface area contributed by atoms with Crippen molar-refractivity contribution in [1.29, 1.82) is 0 Å². The SMILES string of the molecule is CN1CCC(Oc2cc(-c3cc(F)cc(Br)c3N)ccn2)CC1.CN1CCC(Oc2cc(B3OC(C)(C)C(C)(C)O3)ccn2)CC1.CN1CCC(Oc2cc(Br)ccn2)CC1.Nc1c(Br)cc(F)cc1Br. The predicted molar refractivity (Wildman–Crippen MR) is 293 cm³/mol. The van der Waals surface area contributed by atoms with Gasteiger partial charge in [0.15, 0.2) is 0 Å². The molecule has 20 heteroatoms. The van der Waals surface area contributed by atoms with Gasteiger partial charge in [-0.2, -0.15) is 0 Å². The first-order valence-corrected chi connectivity index (χ1v) is 26.9. The van der Waals surface area contributed by atoms with Gasteiger partial charge in [-0.25, -0.2) is 23.7 Å². The lowest BCUT2D eigenvalue weighted by Gasteiger charge is -2.32. The number of aromatic nitrogens is 3. The fourth-order valence-electron chi connectivity index (χ4n) is 7.90. The maximum Gasteiger partial charge on any atom is 0.495 e. The zero-order valence-electron chi connectivity index (χ0n) is 41.4. The summed E-state index contributed by atoms with van der Waals surface area (Å²) in [7, 11) is 6.03. The summed E-state index contributed by atoms with van der Waals surface area (Å²) in [5.74, 6) is 1.28. The van der Waals surface area contributed by atoms with Gasteiger partial charge in [-0.15, -0.1) is 0 Å². The molecule has 0 spiro atoms. The van der Waals surface area contributed by atoms with Crippen molar-refractivity contribution in [2.75, 3.05) is 71.9 Å². The highest BCUT2D eigenvalue weighted by atomic mass is 79.9. The van der Waals surface area contributed by atoms with Crippen LogP contribution >= 0.6 is 63.7 Å². The summed E-state index contributed by atoms with van der Waals surface area (Å²) in [6, 6.07) is 16.7. The van der Waals surface area contributed by atoms with E-state index in [1.54, 1.807) is 24.7 Å². The molecule has 3 aromatic heterocycles. The number of likely N-dealkylation sites (tertiary alicyclic amines) is 3. The molecule has 0 aliphatic carbocycles. The Hall–Kier alpha value is -3.47. The molecule has 0 amide bonds. The van der Waals surface area contributed by atoms with Gasteiger partial charge in [0.05, 0.1) is 22.6 Å². The smallest absolute Gasteiger partial charge is 0.474 e. The second-order valence-electron chi connectivity index (χ2n) is 19.2. The molecule has 4 aliphatic heterocycles. The summed E-state index contributed by atoms with van der Waals surface area (Å²) in [6.07, 6.45) is 12.1. The van der Waals surface area contributed by atoms with Crippen molar-refractivity contribution in [2.45, 2.75) is 95.7 Å². The maximum absolute atomic E-state index is 13.7. The molecule has 384 valence electrons. The Morgan fingerprint density at radius 1 is 0.549 bits per heavy atom. The molecule has 0 atom stereocenters. The van der Waals surface area contributed by atoms with E-state index in [1.165, 1.54) is 24.3 Å². The number of nitrogens with two attached hydrogens (primary N) is 2. The van der Waals surface area contributed by atoms with E-state index < -0.39 is 0 Å². The Kier molecular flexibility index (Phi) is 20.9. The molecule has 0 radical (unpaired) electrons. The highest BCUT2D eigenvalue weighted by Crippen LogP contribution is 2.37. The van der Waals surface area contributed by atoms with Crippen LogP contribution < -0.4 is 31.1 Å². The monoisotopic (exact) mass is 1230 g/mol. The van der Waals surface area contributed by atoms with Crippen molar-refractivity contribution < 1.29 is 32.3 Å². The molecule has 4 fully saturated rings. The van der Waals surface area contributed by atoms with Gasteiger partial charge in [-0.3, -0.25) is 0 Å². The van der Waals surface area contributed by atoms with Crippen LogP contribution in [-0.4, -0.2) is 127 Å². The van der Waals surface area contributed by atoms with Crippen LogP contribution in [0, 0.1) is 11.6 Å². The topological polar surface area (TPSA) is 147 Å². The summed E-state index contributed by atoms with van der Waals surface area (Å²) < 4.78 is 58.9. The number of pyridine rings is 3. The minimum Gasteiger partial charge on any atom is -0.474 e. The van der Waals surface area contributed by atoms with Gasteiger partial charge in [0.25, 0.3) is 0 Å². The largest absolute Gasteiger partial charge is 0.495 e. The molecular weight excluding hydrogens is 1170 g/mol. The van der Waals surface area contributed by atoms with E-state index in [-0.39, 0.29) is 42.2 Å². The zero-order chi connectivity index (χ0) is 51.5. The van der Waals surface area contributed by atoms with Crippen LogP contribution in [0.5, 0.6) is 17.6 Å². The molecule has 9 rings (SSSR count). The summed E-state index contributed by atoms with van der Waals surface area (Å²) >= 11 is 12.9. The van der Waals surface area contributed by atoms with Crippen LogP contribution in [0.2, 0.25) is 0 Å². The van der Waals surface area contributed by atoms with Gasteiger partial charge in [-0.05, 0) is 189 Å². The highest BCUT2D eigenvalue weighted by Gasteiger charge is 2.51. The first kappa shape index (κ1) is 56.8. The number of nitrogen functional groups attached to an aromatic ring is 2. The number of piperidine rings is 3. The summed E-state index contributed by atoms with van der Waals surface area (Å²) in [4.78, 5) is 19.7. The standard InChI is InChI=1S/C17H27BN2O3.C17H19BrFN3O.C11H15BrN2O.C6H4Br2FN/c1-16(2)17(3,4)23-18(22-16)13-6-9-19-15(12-13)21-14-7-10-20(5)11-8-14;1-22-6-3-13(4-7-22)23-16-8-11(2-5-21-16)14-9-12(19)10-15(18)17(14)20;1-14-6-3-10(4-7-14)15-11-8-9(12)2-5-13-11;7-4-1-3(9)2-5(8)6(4)10/h6,9,12,14H,7-8,10-11H2,1-5H3;2,5,8-10,13H,3-4,6-7,20H2,1H3;2,5,8,10H,3-4,6-7H2,1H3;1-2H,10H2. The normalized spacial score (nSPS) is 18.8. The number of ether oxygens (including phenoxy) is 3. The number of rotatable bonds is 8. The Labute approximate surface area is 451 Å². The van der Waals surface area contributed by atoms with Gasteiger partial charge in [0.2, 0.25) is 17.6 Å². The molecular formula is C51H65BBr4F2N8O5. The maximum atomic E-state index is 13.7. The molecule has 5 aromatic rings. The minimum atomic E-state index is -0.372. The van der Waals surface area contributed by atoms with Crippen LogP contribution in [0.1, 0.15) is 66.2 Å². The molecule has 0 unspecified atom stereocenters. The fraction of sp³-hybridized carbons (Fsp3) is 0.471. The third-order valence-corrected chi connectivity index (χ3v) is 15.5. The van der Waals surface area contributed by atoms with Crippen molar-refractivity contribution in [2.24, 2.45) is 0 Å². The Balaban J connectivity index is 0.000000162. The lowest BCUT2D eigenvalue weighted by Crippen LogP contribution is -2.41. The second-order valence-corrected chi connectivity index (χ2v) is 22.7. The van der Waals surface area contributed by atoms with Gasteiger partial charge in [-0.1, -0.05) is 15.9 Å². The van der Waals surface area contributed by atoms with Crippen molar-refractivity contribution in [3.8, 4) is 28.8 Å². The van der Waals surface area contributed by atoms with Gasteiger partial charge in [0, 0.05) is 99.5 Å². The molecule has 4 saturated heterocycles. The average molecular weight is 1240 g/mol. The molecule has 0 bridgehead atoms. The third-order valence-electron chi connectivity index (χ3n) is 13.0. The van der Waals surface area contributed by atoms with Gasteiger partial charge < -0.3 is 49.7 Å². The van der Waals surface area contributed by atoms with Crippen LogP contribution in [0.25, 0.3) is 11.1 Å². The molecule has 2 aromatic carbocycles. The Bertz CT molecular complexity index is 2480. The Morgan fingerprint density at radius 2 is 0.930 bits per heavy atom. The number of hydrogen-bond donors (Lipinski definition) is 2. The predicted octanol–water partition coefficient (Wildman–Crippen LogP) is 10.8. The van der Waals surface area contributed by atoms with Crippen LogP contribution in [0.15, 0.2) is 97.1 Å². The summed E-state index contributed by atoms with van der Waals surface area (Å²) in [5, 5.41) is 0. The molecule has 7 heterocycles. The first-order valence-electron chi connectivity index (χ1n) is 23.7. The fourth-order valence-corrected chi connectivity index (χ4v) is 9.78. The van der Waals surface area contributed by atoms with E-state index in [2.05, 4.69) is 142 Å². The third kappa shape index (κ3) is 17.0. The molecule has 13 nitrogen and oxygen atoms in total. The quantitative estimate of drug-likeness (QED) is 0.112. The second kappa shape index (κ2) is 26.2. The summed E-state index contributed by atoms with van der Waals surface area (Å²) in [6.45, 7) is 14.6. The number of hydrogen-bond acceptors (Lipinski definition) is 13. The van der Waals surface area contributed by atoms with Crippen LogP contribution in [0.4, 0.5) is 20.2 Å². The number of halogens is 6. The number of nitrogens with zero attached hydrogens (tertiary/aromatic N) is 6. The van der Waals surface area contributed by atoms with E-state index in [4.69, 9.17) is 35.0 Å². The zero-order valence-corrected chi connectivity index (χ0v) is 47.8. The van der Waals surface area contributed by atoms with E-state index in [1.807, 2.05) is 30.3 Å². The molecule has 0 saturated carbocycles. The van der Waals surface area contributed by atoms with E-state index in [9.17, 15) is 8.78 Å².